The monoisotopic (exact) mass is 962 g/mol. The minimum atomic E-state index is -1.55. The third kappa shape index (κ3) is 14.8. The van der Waals surface area contributed by atoms with Crippen LogP contribution in [0.4, 0.5) is 14.0 Å². The predicted molar refractivity (Wildman–Crippen MR) is 264 cm³/mol. The van der Waals surface area contributed by atoms with E-state index < -0.39 is 42.0 Å². The van der Waals surface area contributed by atoms with Crippen LogP contribution in [0.15, 0.2) is 71.9 Å². The number of carbonyl (C=O) groups excluding carboxylic acids is 2. The Labute approximate surface area is 410 Å². The second-order valence-electron chi connectivity index (χ2n) is 19.1. The molecule has 2 aromatic carbocycles. The minimum absolute atomic E-state index is 0.00321. The molecule has 0 radical (unpaired) electrons. The third-order valence-electron chi connectivity index (χ3n) is 14.2. The van der Waals surface area contributed by atoms with Gasteiger partial charge in [0.25, 0.3) is 0 Å². The van der Waals surface area contributed by atoms with Crippen LogP contribution in [0, 0.1) is 23.6 Å². The fourth-order valence-electron chi connectivity index (χ4n) is 10.9. The van der Waals surface area contributed by atoms with E-state index in [1.807, 2.05) is 12.1 Å². The molecule has 6 rings (SSSR count). The molecule has 1 saturated carbocycles. The normalized spacial score (nSPS) is 24.3. The number of oxime groups is 1. The smallest absolute Gasteiger partial charge is 0.412 e. The molecular weight excluding hydrogens is 882 g/mol. The van der Waals surface area contributed by atoms with Crippen LogP contribution in [-0.4, -0.2) is 90.7 Å². The summed E-state index contributed by atoms with van der Waals surface area (Å²) in [5.74, 6) is -2.06. The van der Waals surface area contributed by atoms with Gasteiger partial charge in [-0.05, 0) is 105 Å². The van der Waals surface area contributed by atoms with Crippen molar-refractivity contribution in [2.24, 2.45) is 22.9 Å². The number of amides is 2. The van der Waals surface area contributed by atoms with Crippen molar-refractivity contribution >= 4 is 17.9 Å². The van der Waals surface area contributed by atoms with Gasteiger partial charge < -0.3 is 44.1 Å². The third-order valence-corrected chi connectivity index (χ3v) is 14.2. The average molecular weight is 962 g/mol. The molecule has 382 valence electrons. The highest BCUT2D eigenvalue weighted by Gasteiger charge is 2.65. The minimum Gasteiger partial charge on any atom is -0.459 e. The van der Waals surface area contributed by atoms with Gasteiger partial charge in [-0.3, -0.25) is 4.90 Å². The summed E-state index contributed by atoms with van der Waals surface area (Å²) in [6.45, 7) is 9.43. The Morgan fingerprint density at radius 1 is 0.928 bits per heavy atom. The topological polar surface area (TPSA) is 158 Å². The van der Waals surface area contributed by atoms with Crippen LogP contribution < -0.4 is 14.8 Å². The number of aliphatic hydroxyl groups is 2. The molecule has 69 heavy (non-hydrogen) atoms. The van der Waals surface area contributed by atoms with Crippen molar-refractivity contribution in [2.75, 3.05) is 39.6 Å². The Bertz CT molecular complexity index is 1960. The van der Waals surface area contributed by atoms with Gasteiger partial charge in [0.2, 0.25) is 12.1 Å². The number of fused-ring (bicyclic) bond motifs is 2. The SMILES string of the molecule is C=CCOC12Oc3ccc(OC(=O)NCCCCCCCCCCCC)cc3C3C(CCCCO)C(CCCCO)C=C(C(=NOC4CCCCO4)CC1N(Cc1ccc(F)cc1)C(=O)OCC)C32. The summed E-state index contributed by atoms with van der Waals surface area (Å²) in [6, 6.07) is 10.6. The predicted octanol–water partition coefficient (Wildman–Crippen LogP) is 11.7. The number of hydrogen-bond donors (Lipinski definition) is 3. The average Bonchev–Trinajstić information content (AvgIpc) is 3.35. The van der Waals surface area contributed by atoms with E-state index in [-0.39, 0.29) is 57.1 Å². The van der Waals surface area contributed by atoms with Gasteiger partial charge in [0.05, 0.1) is 31.5 Å². The van der Waals surface area contributed by atoms with Crippen LogP contribution in [-0.2, 0) is 25.6 Å². The molecule has 0 spiro atoms. The highest BCUT2D eigenvalue weighted by molar-refractivity contribution is 6.03. The lowest BCUT2D eigenvalue weighted by Crippen LogP contribution is -2.70. The highest BCUT2D eigenvalue weighted by Crippen LogP contribution is 2.62. The van der Waals surface area contributed by atoms with Crippen molar-refractivity contribution in [3.8, 4) is 11.5 Å². The van der Waals surface area contributed by atoms with E-state index in [1.54, 1.807) is 36.1 Å². The largest absolute Gasteiger partial charge is 0.459 e. The lowest BCUT2D eigenvalue weighted by Gasteiger charge is -2.59. The van der Waals surface area contributed by atoms with Crippen molar-refractivity contribution in [1.29, 1.82) is 0 Å². The number of hydrogen-bond acceptors (Lipinski definition) is 11. The summed E-state index contributed by atoms with van der Waals surface area (Å²) >= 11 is 0. The maximum atomic E-state index is 14.5. The fraction of sp³-hybridized carbons (Fsp3) is 0.655. The Balaban J connectivity index is 1.41. The quantitative estimate of drug-likeness (QED) is 0.0407. The van der Waals surface area contributed by atoms with Crippen molar-refractivity contribution in [3.05, 3.63) is 83.7 Å². The van der Waals surface area contributed by atoms with Crippen LogP contribution in [0.3, 0.4) is 0 Å². The second-order valence-corrected chi connectivity index (χ2v) is 19.1. The summed E-state index contributed by atoms with van der Waals surface area (Å²) in [6.07, 6.45) is 21.2. The van der Waals surface area contributed by atoms with E-state index >= 15 is 0 Å². The van der Waals surface area contributed by atoms with Gasteiger partial charge in [0, 0.05) is 50.6 Å². The van der Waals surface area contributed by atoms with Gasteiger partial charge in [0.1, 0.15) is 23.4 Å². The summed E-state index contributed by atoms with van der Waals surface area (Å²) in [5, 5.41) is 27.9. The fourth-order valence-corrected chi connectivity index (χ4v) is 10.9. The lowest BCUT2D eigenvalue weighted by molar-refractivity contribution is -0.256. The molecule has 2 aliphatic carbocycles. The number of aliphatic hydroxyl groups excluding tert-OH is 2. The summed E-state index contributed by atoms with van der Waals surface area (Å²) in [5.41, 5.74) is 2.97. The molecule has 0 bridgehead atoms. The molecule has 14 heteroatoms. The Morgan fingerprint density at radius 2 is 1.65 bits per heavy atom. The number of unbranched alkanes of at least 4 members (excludes halogenated alkanes) is 11. The summed E-state index contributed by atoms with van der Waals surface area (Å²) in [7, 11) is 0. The van der Waals surface area contributed by atoms with Gasteiger partial charge >= 0.3 is 12.2 Å². The first-order valence-corrected chi connectivity index (χ1v) is 26.3. The van der Waals surface area contributed by atoms with E-state index in [0.29, 0.717) is 55.2 Å². The lowest BCUT2D eigenvalue weighted by atomic mass is 9.55. The Hall–Kier alpha value is -4.50. The Morgan fingerprint density at radius 3 is 2.33 bits per heavy atom. The standard InChI is InChI=1S/C55H80FN3O10/c1-4-7-8-9-10-11-12-13-14-18-31-57-53(62)67-43-29-30-48-46(37-43)51-44(23-16-20-33-61)41(22-15-19-32-60)36-45-47(58-69-50-24-17-21-35-65-50)38-49(55(68-48,52(45)51)66-34-5-2)59(54(63)64-6-3)39-40-25-27-42(56)28-26-40/h5,25-30,36-37,41,44,49-52,60-61H,2,4,6-24,31-35,38-39H2,1,3H3,(H,57,62). The number of rotatable bonds is 29. The zero-order chi connectivity index (χ0) is 48.9. The van der Waals surface area contributed by atoms with Crippen LogP contribution in [0.5, 0.6) is 11.5 Å². The van der Waals surface area contributed by atoms with Gasteiger partial charge in [-0.2, -0.15) is 0 Å². The van der Waals surface area contributed by atoms with E-state index in [0.717, 1.165) is 68.9 Å². The first-order chi connectivity index (χ1) is 33.8. The van der Waals surface area contributed by atoms with Crippen molar-refractivity contribution in [2.45, 2.75) is 173 Å². The first kappa shape index (κ1) is 53.8. The zero-order valence-corrected chi connectivity index (χ0v) is 41.4. The maximum Gasteiger partial charge on any atom is 0.412 e. The molecule has 3 N–H and O–H groups in total. The van der Waals surface area contributed by atoms with Gasteiger partial charge in [-0.15, -0.1) is 6.58 Å². The molecule has 7 unspecified atom stereocenters. The first-order valence-electron chi connectivity index (χ1n) is 26.3. The molecule has 2 aliphatic heterocycles. The number of ether oxygens (including phenoxy) is 5. The van der Waals surface area contributed by atoms with E-state index in [2.05, 4.69) is 24.9 Å². The van der Waals surface area contributed by atoms with E-state index in [4.69, 9.17) is 33.7 Å². The zero-order valence-electron chi connectivity index (χ0n) is 41.4. The molecule has 7 atom stereocenters. The maximum absolute atomic E-state index is 14.5. The van der Waals surface area contributed by atoms with E-state index in [1.165, 1.54) is 57.1 Å². The molecule has 0 aromatic heterocycles. The van der Waals surface area contributed by atoms with Gasteiger partial charge in [-0.1, -0.05) is 107 Å². The van der Waals surface area contributed by atoms with Gasteiger partial charge in [0.15, 0.2) is 0 Å². The second kappa shape index (κ2) is 28.4. The molecule has 2 heterocycles. The number of allylic oxidation sites excluding steroid dienone is 1. The molecule has 2 aromatic rings. The molecular formula is C55H80FN3O10. The van der Waals surface area contributed by atoms with Crippen molar-refractivity contribution in [1.82, 2.24) is 10.2 Å². The highest BCUT2D eigenvalue weighted by atomic mass is 19.1. The van der Waals surface area contributed by atoms with Crippen molar-refractivity contribution in [3.63, 3.8) is 0 Å². The molecule has 4 aliphatic rings. The molecule has 2 fully saturated rings. The van der Waals surface area contributed by atoms with Crippen LogP contribution in [0.25, 0.3) is 0 Å². The van der Waals surface area contributed by atoms with E-state index in [9.17, 15) is 24.2 Å². The van der Waals surface area contributed by atoms with Crippen LogP contribution >= 0.6 is 0 Å². The number of nitrogens with one attached hydrogen (secondary N) is 1. The summed E-state index contributed by atoms with van der Waals surface area (Å²) < 4.78 is 46.5. The number of halogens is 1. The van der Waals surface area contributed by atoms with Gasteiger partial charge in [-0.25, -0.2) is 14.0 Å². The van der Waals surface area contributed by atoms with Crippen LogP contribution in [0.1, 0.15) is 159 Å². The molecule has 13 nitrogen and oxygen atoms in total. The van der Waals surface area contributed by atoms with Crippen molar-refractivity contribution < 1.29 is 52.7 Å². The summed E-state index contributed by atoms with van der Waals surface area (Å²) in [4.78, 5) is 35.7. The molecule has 1 saturated heterocycles. The molecule has 2 amide bonds. The Kier molecular flexibility index (Phi) is 22.1. The number of carbonyl (C=O) groups is 2. The number of benzene rings is 2. The number of nitrogens with zero attached hydrogens (tertiary/aromatic N) is 2. The van der Waals surface area contributed by atoms with Crippen LogP contribution in [0.2, 0.25) is 0 Å².